The van der Waals surface area contributed by atoms with E-state index >= 15 is 0 Å². The molecule has 1 rings (SSSR count). The fraction of sp³-hybridized carbons (Fsp3) is 0.594. The van der Waals surface area contributed by atoms with Gasteiger partial charge < -0.3 is 45.4 Å². The zero-order chi connectivity index (χ0) is 36.9. The van der Waals surface area contributed by atoms with Crippen LogP contribution in [-0.2, 0) is 49.5 Å². The number of esters is 2. The van der Waals surface area contributed by atoms with Gasteiger partial charge in [-0.15, -0.1) is 0 Å². The number of benzene rings is 1. The molecule has 18 heteroatoms. The molecule has 0 saturated carbocycles. The molecule has 0 bridgehead atoms. The quantitative estimate of drug-likeness (QED) is 0.150. The number of ether oxygens (including phenoxy) is 5. The first-order valence-electron chi connectivity index (χ1n) is 15.1. The predicted octanol–water partition coefficient (Wildman–Crippen LogP) is 2.91. The summed E-state index contributed by atoms with van der Waals surface area (Å²) in [7, 11) is 2.41. The number of nitrogens with two attached hydrogens (primary N) is 1. The molecule has 286 valence electrons. The molecule has 0 unspecified atom stereocenters. The van der Waals surface area contributed by atoms with E-state index < -0.39 is 53.5 Å². The van der Waals surface area contributed by atoms with E-state index in [-0.39, 0.29) is 83.9 Å². The molecule has 1 aromatic carbocycles. The van der Waals surface area contributed by atoms with Crippen molar-refractivity contribution in [3.05, 3.63) is 35.9 Å². The molecule has 0 saturated heterocycles. The van der Waals surface area contributed by atoms with Crippen molar-refractivity contribution in [1.29, 1.82) is 0 Å². The van der Waals surface area contributed by atoms with E-state index in [9.17, 15) is 33.6 Å². The Bertz CT molecular complexity index is 1220. The van der Waals surface area contributed by atoms with Crippen molar-refractivity contribution in [2.75, 3.05) is 27.3 Å². The van der Waals surface area contributed by atoms with Gasteiger partial charge in [0.2, 0.25) is 0 Å². The van der Waals surface area contributed by atoms with Gasteiger partial charge >= 0.3 is 30.2 Å². The normalized spacial score (nSPS) is 11.5. The second kappa shape index (κ2) is 25.9. The number of carbonyl (C=O) groups is 7. The number of nitrogens with one attached hydrogen (secondary N) is 3. The number of rotatable bonds is 15. The molecule has 0 radical (unpaired) electrons. The third-order valence-electron chi connectivity index (χ3n) is 5.60. The summed E-state index contributed by atoms with van der Waals surface area (Å²) in [6.45, 7) is 9.94. The minimum Gasteiger partial charge on any atom is -0.468 e. The van der Waals surface area contributed by atoms with Crippen LogP contribution in [-0.4, -0.2) is 92.4 Å². The lowest BCUT2D eigenvalue weighted by Gasteiger charge is -2.19. The highest BCUT2D eigenvalue weighted by Crippen LogP contribution is 2.08. The predicted molar refractivity (Wildman–Crippen MR) is 193 cm³/mol. The van der Waals surface area contributed by atoms with Crippen LogP contribution in [0.1, 0.15) is 72.8 Å². The molecule has 3 amide bonds. The Balaban J connectivity index is -0.000000922. The van der Waals surface area contributed by atoms with Gasteiger partial charge in [-0.05, 0) is 59.9 Å². The smallest absolute Gasteiger partial charge is 0.408 e. The summed E-state index contributed by atoms with van der Waals surface area (Å²) >= 11 is 0. The number of Topliss-reactive ketones (excluding diaryl/α,β-unsaturated/α-hetero) is 2. The molecule has 0 aliphatic carbocycles. The molecular formula is C32H54N4O12S2. The highest BCUT2D eigenvalue weighted by atomic mass is 32.1. The Morgan fingerprint density at radius 2 is 1.12 bits per heavy atom. The van der Waals surface area contributed by atoms with Gasteiger partial charge in [-0.3, -0.25) is 14.4 Å². The number of amides is 3. The van der Waals surface area contributed by atoms with Crippen molar-refractivity contribution in [2.24, 2.45) is 5.73 Å². The summed E-state index contributed by atoms with van der Waals surface area (Å²) in [5, 5.41) is 7.07. The Labute approximate surface area is 307 Å². The lowest BCUT2D eigenvalue weighted by Crippen LogP contribution is -2.42. The number of ketones is 2. The Hall–Kier alpha value is -4.03. The summed E-state index contributed by atoms with van der Waals surface area (Å²) < 4.78 is 24.2. The van der Waals surface area contributed by atoms with Crippen LogP contribution in [0.3, 0.4) is 0 Å². The van der Waals surface area contributed by atoms with Crippen LogP contribution in [0.15, 0.2) is 30.3 Å². The summed E-state index contributed by atoms with van der Waals surface area (Å²) in [6, 6.07) is 7.17. The van der Waals surface area contributed by atoms with E-state index in [0.717, 1.165) is 5.56 Å². The number of hydrogen-bond donors (Lipinski definition) is 4. The third-order valence-corrected chi connectivity index (χ3v) is 5.60. The second-order valence-corrected chi connectivity index (χ2v) is 12.3. The first kappa shape index (κ1) is 50.3. The largest absolute Gasteiger partial charge is 0.468 e. The first-order chi connectivity index (χ1) is 22.3. The van der Waals surface area contributed by atoms with Crippen molar-refractivity contribution in [2.45, 2.75) is 97.1 Å². The van der Waals surface area contributed by atoms with Crippen LogP contribution in [0.4, 0.5) is 14.4 Å². The summed E-state index contributed by atoms with van der Waals surface area (Å²) in [5.41, 5.74) is 4.98. The lowest BCUT2D eigenvalue weighted by molar-refractivity contribution is -0.143. The molecule has 16 nitrogen and oxygen atoms in total. The summed E-state index contributed by atoms with van der Waals surface area (Å²) in [5.74, 6) is -1.82. The maximum Gasteiger partial charge on any atom is 0.408 e. The average Bonchev–Trinajstić information content (AvgIpc) is 3.00. The monoisotopic (exact) mass is 750 g/mol. The highest BCUT2D eigenvalue weighted by Gasteiger charge is 2.24. The van der Waals surface area contributed by atoms with Gasteiger partial charge in [0, 0.05) is 12.8 Å². The van der Waals surface area contributed by atoms with E-state index in [0.29, 0.717) is 0 Å². The lowest BCUT2D eigenvalue weighted by atomic mass is 10.1. The van der Waals surface area contributed by atoms with Crippen LogP contribution in [0.5, 0.6) is 0 Å². The first-order valence-corrected chi connectivity index (χ1v) is 15.1. The maximum atomic E-state index is 12.0. The fourth-order valence-corrected chi connectivity index (χ4v) is 3.34. The van der Waals surface area contributed by atoms with Crippen LogP contribution in [0.25, 0.3) is 0 Å². The zero-order valence-corrected chi connectivity index (χ0v) is 32.0. The van der Waals surface area contributed by atoms with Gasteiger partial charge in [0.15, 0.2) is 11.6 Å². The SMILES string of the molecule is COC(=O)[C@@H](N)CCC(=O)CNC(=O)OC(C)(C)C.COC(=O)[C@H](CCC(=O)CNC(=O)OC(C)(C)C)NC(=O)OCc1ccccc1.S.S. The van der Waals surface area contributed by atoms with Crippen molar-refractivity contribution in [3.63, 3.8) is 0 Å². The molecule has 0 aromatic heterocycles. The Morgan fingerprint density at radius 3 is 1.54 bits per heavy atom. The minimum atomic E-state index is -1.05. The van der Waals surface area contributed by atoms with Gasteiger partial charge in [-0.1, -0.05) is 30.3 Å². The third kappa shape index (κ3) is 26.9. The number of carbonyl (C=O) groups excluding carboxylic acids is 7. The maximum absolute atomic E-state index is 12.0. The van der Waals surface area contributed by atoms with Crippen LogP contribution >= 0.6 is 27.0 Å². The van der Waals surface area contributed by atoms with Crippen LogP contribution < -0.4 is 21.7 Å². The van der Waals surface area contributed by atoms with Crippen LogP contribution in [0.2, 0.25) is 0 Å². The number of methoxy groups -OCH3 is 2. The molecule has 1 aromatic rings. The van der Waals surface area contributed by atoms with E-state index in [1.165, 1.54) is 14.2 Å². The van der Waals surface area contributed by atoms with Gasteiger partial charge in [-0.25, -0.2) is 19.2 Å². The second-order valence-electron chi connectivity index (χ2n) is 12.3. The zero-order valence-electron chi connectivity index (χ0n) is 30.0. The number of hydrogen-bond acceptors (Lipinski definition) is 13. The average molecular weight is 751 g/mol. The minimum absolute atomic E-state index is 0. The van der Waals surface area contributed by atoms with Gasteiger partial charge in [0.1, 0.15) is 29.9 Å². The van der Waals surface area contributed by atoms with Crippen molar-refractivity contribution < 1.29 is 57.2 Å². The molecular weight excluding hydrogens is 697 g/mol. The molecule has 0 aliphatic heterocycles. The van der Waals surface area contributed by atoms with E-state index in [1.807, 2.05) is 18.2 Å². The molecule has 0 heterocycles. The van der Waals surface area contributed by atoms with E-state index in [1.54, 1.807) is 53.7 Å². The van der Waals surface area contributed by atoms with Crippen molar-refractivity contribution >= 4 is 68.8 Å². The van der Waals surface area contributed by atoms with Gasteiger partial charge in [-0.2, -0.15) is 27.0 Å². The highest BCUT2D eigenvalue weighted by molar-refractivity contribution is 7.59. The van der Waals surface area contributed by atoms with Gasteiger partial charge in [0.05, 0.1) is 27.3 Å². The molecule has 2 atom stereocenters. The van der Waals surface area contributed by atoms with Crippen molar-refractivity contribution in [3.8, 4) is 0 Å². The molecule has 0 fully saturated rings. The molecule has 50 heavy (non-hydrogen) atoms. The van der Waals surface area contributed by atoms with E-state index in [2.05, 4.69) is 25.4 Å². The molecule has 0 aliphatic rings. The molecule has 0 spiro atoms. The van der Waals surface area contributed by atoms with Crippen LogP contribution in [0, 0.1) is 0 Å². The van der Waals surface area contributed by atoms with Crippen molar-refractivity contribution in [1.82, 2.24) is 16.0 Å². The topological polar surface area (TPSA) is 228 Å². The standard InChI is InChI=1S/C20H28N2O7.C12H22N2O5.2H2S/c1-20(2,3)29-18(25)21-12-15(23)10-11-16(17(24)27-4)22-19(26)28-13-14-8-6-5-7-9-14;1-12(2,3)19-11(17)14-7-8(15)5-6-9(13)10(16)18-4;;/h5-9,16H,10-13H2,1-4H3,(H,21,25)(H,22,26);9H,5-7,13H2,1-4H3,(H,14,17);2*1H2/t16-;9-;;/m00../s1. The molecule has 5 N–H and O–H groups in total. The number of alkyl carbamates (subject to hydrolysis) is 3. The fourth-order valence-electron chi connectivity index (χ4n) is 3.34. The summed E-state index contributed by atoms with van der Waals surface area (Å²) in [6.07, 6.45) is -1.95. The van der Waals surface area contributed by atoms with E-state index in [4.69, 9.17) is 19.9 Å². The summed E-state index contributed by atoms with van der Waals surface area (Å²) in [4.78, 5) is 81.0. The van der Waals surface area contributed by atoms with Gasteiger partial charge in [0.25, 0.3) is 0 Å². The Morgan fingerprint density at radius 1 is 0.680 bits per heavy atom. The Kier molecular flexibility index (Phi) is 26.1.